The van der Waals surface area contributed by atoms with E-state index in [1.54, 1.807) is 6.08 Å². The van der Waals surface area contributed by atoms with E-state index in [1.807, 2.05) is 43.3 Å². The molecule has 0 saturated heterocycles. The van der Waals surface area contributed by atoms with Crippen LogP contribution in [0.4, 0.5) is 5.69 Å². The number of nitrogens with zero attached hydrogens (tertiary/aromatic N) is 1. The zero-order chi connectivity index (χ0) is 12.7. The van der Waals surface area contributed by atoms with E-state index in [0.29, 0.717) is 0 Å². The Morgan fingerprint density at radius 2 is 2.06 bits per heavy atom. The lowest BCUT2D eigenvalue weighted by molar-refractivity contribution is -0.116. The maximum absolute atomic E-state index is 11.2. The van der Waals surface area contributed by atoms with Gasteiger partial charge in [-0.25, -0.2) is 0 Å². The van der Waals surface area contributed by atoms with Crippen molar-refractivity contribution in [3.05, 3.63) is 35.9 Å². The lowest BCUT2D eigenvalue weighted by Gasteiger charge is -2.11. The minimum atomic E-state index is -0.181. The molecule has 0 atom stereocenters. The second-order valence-corrected chi connectivity index (χ2v) is 3.74. The number of rotatable bonds is 4. The van der Waals surface area contributed by atoms with Crippen LogP contribution in [-0.4, -0.2) is 26.5 Å². The van der Waals surface area contributed by atoms with Crippen LogP contribution in [0.15, 0.2) is 30.3 Å². The summed E-state index contributed by atoms with van der Waals surface area (Å²) in [6, 6.07) is 7.92. The molecule has 0 aromatic heterocycles. The van der Waals surface area contributed by atoms with E-state index in [0.717, 1.165) is 11.3 Å². The molecule has 1 N–H and O–H groups in total. The minimum Gasteiger partial charge on any atom is -0.378 e. The molecule has 0 saturated carbocycles. The number of carbonyl (C=O) groups is 1. The SMILES string of the molecule is C#CCNC(=O)/C=C\c1ccc(N(C)C)cc1. The number of terminal acetylenes is 1. The summed E-state index contributed by atoms with van der Waals surface area (Å²) in [4.78, 5) is 13.3. The first-order valence-electron chi connectivity index (χ1n) is 5.30. The molecule has 1 amide bonds. The first kappa shape index (κ1) is 12.9. The van der Waals surface area contributed by atoms with Crippen molar-refractivity contribution in [1.82, 2.24) is 5.32 Å². The third kappa shape index (κ3) is 4.43. The van der Waals surface area contributed by atoms with E-state index in [9.17, 15) is 4.79 Å². The smallest absolute Gasteiger partial charge is 0.244 e. The predicted octanol–water partition coefficient (Wildman–Crippen LogP) is 1.52. The molecule has 17 heavy (non-hydrogen) atoms. The Bertz CT molecular complexity index is 438. The Hall–Kier alpha value is -2.21. The first-order valence-corrected chi connectivity index (χ1v) is 5.30. The summed E-state index contributed by atoms with van der Waals surface area (Å²) < 4.78 is 0. The monoisotopic (exact) mass is 228 g/mol. The number of hydrogen-bond donors (Lipinski definition) is 1. The topological polar surface area (TPSA) is 32.3 Å². The third-order valence-corrected chi connectivity index (χ3v) is 2.20. The number of anilines is 1. The molecule has 0 heterocycles. The molecule has 3 nitrogen and oxygen atoms in total. The highest BCUT2D eigenvalue weighted by Gasteiger charge is 1.95. The van der Waals surface area contributed by atoms with Crippen molar-refractivity contribution in [1.29, 1.82) is 0 Å². The first-order chi connectivity index (χ1) is 8.13. The second-order valence-electron chi connectivity index (χ2n) is 3.74. The molecule has 0 bridgehead atoms. The molecule has 0 radical (unpaired) electrons. The van der Waals surface area contributed by atoms with Crippen molar-refractivity contribution in [3.8, 4) is 12.3 Å². The van der Waals surface area contributed by atoms with Gasteiger partial charge in [0, 0.05) is 25.9 Å². The molecule has 0 aliphatic heterocycles. The highest BCUT2D eigenvalue weighted by Crippen LogP contribution is 2.12. The quantitative estimate of drug-likeness (QED) is 0.626. The van der Waals surface area contributed by atoms with E-state index in [4.69, 9.17) is 6.42 Å². The van der Waals surface area contributed by atoms with Crippen LogP contribution in [0, 0.1) is 12.3 Å². The normalized spacial score (nSPS) is 9.94. The van der Waals surface area contributed by atoms with Crippen molar-refractivity contribution in [2.45, 2.75) is 0 Å². The number of benzene rings is 1. The Balaban J connectivity index is 2.60. The number of amides is 1. The molecule has 0 unspecified atom stereocenters. The number of nitrogens with one attached hydrogen (secondary N) is 1. The fourth-order valence-electron chi connectivity index (χ4n) is 1.25. The molecule has 1 rings (SSSR count). The van der Waals surface area contributed by atoms with Gasteiger partial charge in [-0.05, 0) is 23.8 Å². The van der Waals surface area contributed by atoms with Gasteiger partial charge in [-0.15, -0.1) is 6.42 Å². The minimum absolute atomic E-state index is 0.181. The highest BCUT2D eigenvalue weighted by atomic mass is 16.1. The summed E-state index contributed by atoms with van der Waals surface area (Å²) >= 11 is 0. The summed E-state index contributed by atoms with van der Waals surface area (Å²) in [5.74, 6) is 2.16. The zero-order valence-electron chi connectivity index (χ0n) is 10.1. The molecule has 1 aromatic carbocycles. The van der Waals surface area contributed by atoms with Crippen molar-refractivity contribution in [3.63, 3.8) is 0 Å². The fourth-order valence-corrected chi connectivity index (χ4v) is 1.25. The summed E-state index contributed by atoms with van der Waals surface area (Å²) in [7, 11) is 3.97. The molecule has 88 valence electrons. The maximum atomic E-state index is 11.2. The molecule has 3 heteroatoms. The van der Waals surface area contributed by atoms with Crippen LogP contribution in [-0.2, 0) is 4.79 Å². The molecular weight excluding hydrogens is 212 g/mol. The number of hydrogen-bond acceptors (Lipinski definition) is 2. The summed E-state index contributed by atoms with van der Waals surface area (Å²) in [6.07, 6.45) is 8.27. The molecule has 0 fully saturated rings. The van der Waals surface area contributed by atoms with Crippen molar-refractivity contribution >= 4 is 17.7 Å². The van der Waals surface area contributed by atoms with Crippen LogP contribution < -0.4 is 10.2 Å². The van der Waals surface area contributed by atoms with E-state index in [1.165, 1.54) is 6.08 Å². The standard InChI is InChI=1S/C14H16N2O/c1-4-11-15-14(17)10-7-12-5-8-13(9-6-12)16(2)3/h1,5-10H,11H2,2-3H3,(H,15,17)/b10-7-. The molecule has 0 aliphatic carbocycles. The summed E-state index contributed by atoms with van der Waals surface area (Å²) in [6.45, 7) is 0.253. The van der Waals surface area contributed by atoms with Gasteiger partial charge in [-0.3, -0.25) is 4.79 Å². The van der Waals surface area contributed by atoms with Gasteiger partial charge in [-0.1, -0.05) is 18.1 Å². The van der Waals surface area contributed by atoms with Crippen LogP contribution >= 0.6 is 0 Å². The molecule has 0 aliphatic rings. The van der Waals surface area contributed by atoms with Crippen molar-refractivity contribution in [2.75, 3.05) is 25.5 Å². The van der Waals surface area contributed by atoms with Crippen LogP contribution in [0.25, 0.3) is 6.08 Å². The van der Waals surface area contributed by atoms with Gasteiger partial charge in [0.25, 0.3) is 0 Å². The molecule has 1 aromatic rings. The predicted molar refractivity (Wildman–Crippen MR) is 71.6 cm³/mol. The van der Waals surface area contributed by atoms with E-state index in [-0.39, 0.29) is 12.5 Å². The van der Waals surface area contributed by atoms with Crippen molar-refractivity contribution in [2.24, 2.45) is 0 Å². The van der Waals surface area contributed by atoms with Gasteiger partial charge in [0.2, 0.25) is 5.91 Å². The van der Waals surface area contributed by atoms with Crippen LogP contribution in [0.3, 0.4) is 0 Å². The Morgan fingerprint density at radius 3 is 2.59 bits per heavy atom. The molecule has 0 spiro atoms. The zero-order valence-corrected chi connectivity index (χ0v) is 10.1. The Labute approximate surface area is 102 Å². The average Bonchev–Trinajstić information content (AvgIpc) is 2.34. The van der Waals surface area contributed by atoms with Gasteiger partial charge in [0.15, 0.2) is 0 Å². The average molecular weight is 228 g/mol. The number of carbonyl (C=O) groups excluding carboxylic acids is 1. The lowest BCUT2D eigenvalue weighted by Crippen LogP contribution is -2.20. The summed E-state index contributed by atoms with van der Waals surface area (Å²) in [5, 5.41) is 2.56. The van der Waals surface area contributed by atoms with Gasteiger partial charge in [0.1, 0.15) is 0 Å². The van der Waals surface area contributed by atoms with Gasteiger partial charge in [-0.2, -0.15) is 0 Å². The summed E-state index contributed by atoms with van der Waals surface area (Å²) in [5.41, 5.74) is 2.10. The van der Waals surface area contributed by atoms with Crippen LogP contribution in [0.2, 0.25) is 0 Å². The largest absolute Gasteiger partial charge is 0.378 e. The lowest BCUT2D eigenvalue weighted by atomic mass is 10.2. The van der Waals surface area contributed by atoms with Gasteiger partial charge in [0.05, 0.1) is 6.54 Å². The molecular formula is C14H16N2O. The van der Waals surface area contributed by atoms with Gasteiger partial charge < -0.3 is 10.2 Å². The van der Waals surface area contributed by atoms with Gasteiger partial charge >= 0.3 is 0 Å². The van der Waals surface area contributed by atoms with Crippen LogP contribution in [0.5, 0.6) is 0 Å². The maximum Gasteiger partial charge on any atom is 0.244 e. The third-order valence-electron chi connectivity index (χ3n) is 2.20. The van der Waals surface area contributed by atoms with E-state index < -0.39 is 0 Å². The second kappa shape index (κ2) is 6.39. The van der Waals surface area contributed by atoms with E-state index >= 15 is 0 Å². The van der Waals surface area contributed by atoms with Crippen LogP contribution in [0.1, 0.15) is 5.56 Å². The Kier molecular flexibility index (Phi) is 4.83. The highest BCUT2D eigenvalue weighted by molar-refractivity contribution is 5.91. The fraction of sp³-hybridized carbons (Fsp3) is 0.214. The Morgan fingerprint density at radius 1 is 1.41 bits per heavy atom. The van der Waals surface area contributed by atoms with E-state index in [2.05, 4.69) is 11.2 Å². The van der Waals surface area contributed by atoms with Crippen molar-refractivity contribution < 1.29 is 4.79 Å².